The van der Waals surface area contributed by atoms with E-state index in [1.54, 1.807) is 0 Å². The van der Waals surface area contributed by atoms with E-state index in [9.17, 15) is 0 Å². The van der Waals surface area contributed by atoms with Gasteiger partial charge < -0.3 is 14.6 Å². The van der Waals surface area contributed by atoms with Crippen molar-refractivity contribution in [2.45, 2.75) is 26.9 Å². The Labute approximate surface area is 115 Å². The van der Waals surface area contributed by atoms with Crippen LogP contribution in [0.15, 0.2) is 34.7 Å². The summed E-state index contributed by atoms with van der Waals surface area (Å²) in [5.74, 6) is 2.00. The molecule has 1 heterocycles. The number of furan rings is 1. The Morgan fingerprint density at radius 1 is 1.21 bits per heavy atom. The Morgan fingerprint density at radius 3 is 2.68 bits per heavy atom. The molecule has 0 saturated carbocycles. The fraction of sp³-hybridized carbons (Fsp3) is 0.375. The first-order chi connectivity index (χ1) is 9.10. The molecule has 0 saturated heterocycles. The molecule has 3 heteroatoms. The van der Waals surface area contributed by atoms with Crippen molar-refractivity contribution in [3.8, 4) is 0 Å². The zero-order valence-corrected chi connectivity index (χ0v) is 12.2. The van der Waals surface area contributed by atoms with E-state index in [4.69, 9.17) is 4.42 Å². The maximum absolute atomic E-state index is 5.73. The molecule has 0 radical (unpaired) electrons. The van der Waals surface area contributed by atoms with Gasteiger partial charge in [-0.2, -0.15) is 0 Å². The van der Waals surface area contributed by atoms with E-state index in [2.05, 4.69) is 54.5 Å². The second kappa shape index (κ2) is 5.93. The molecule has 0 fully saturated rings. The van der Waals surface area contributed by atoms with Crippen molar-refractivity contribution in [1.82, 2.24) is 5.32 Å². The molecule has 0 amide bonds. The fourth-order valence-corrected chi connectivity index (χ4v) is 2.22. The van der Waals surface area contributed by atoms with Crippen molar-refractivity contribution in [2.24, 2.45) is 0 Å². The number of hydrogen-bond acceptors (Lipinski definition) is 3. The highest BCUT2D eigenvalue weighted by Crippen LogP contribution is 2.20. The normalized spacial score (nSPS) is 10.7. The Bertz CT molecular complexity index is 545. The molecule has 0 atom stereocenters. The molecular weight excluding hydrogens is 236 g/mol. The van der Waals surface area contributed by atoms with Gasteiger partial charge >= 0.3 is 0 Å². The summed E-state index contributed by atoms with van der Waals surface area (Å²) in [5, 5.41) is 3.11. The number of anilines is 1. The van der Waals surface area contributed by atoms with E-state index in [-0.39, 0.29) is 0 Å². The first-order valence-electron chi connectivity index (χ1n) is 6.60. The molecule has 0 unspecified atom stereocenters. The SMILES string of the molecule is CNCc1cc(CN(C)c2cccc(C)c2)c(C)o1. The van der Waals surface area contributed by atoms with E-state index in [0.717, 1.165) is 24.6 Å². The van der Waals surface area contributed by atoms with Crippen LogP contribution in [-0.2, 0) is 13.1 Å². The van der Waals surface area contributed by atoms with Gasteiger partial charge in [0, 0.05) is 24.8 Å². The molecule has 1 aromatic carbocycles. The maximum Gasteiger partial charge on any atom is 0.118 e. The third-order valence-electron chi connectivity index (χ3n) is 3.27. The zero-order chi connectivity index (χ0) is 13.8. The number of benzene rings is 1. The van der Waals surface area contributed by atoms with Crippen LogP contribution in [0, 0.1) is 13.8 Å². The molecule has 3 nitrogen and oxygen atoms in total. The van der Waals surface area contributed by atoms with Gasteiger partial charge in [-0.3, -0.25) is 0 Å². The molecule has 0 spiro atoms. The largest absolute Gasteiger partial charge is 0.465 e. The number of aryl methyl sites for hydroxylation is 2. The number of nitrogens with one attached hydrogen (secondary N) is 1. The predicted molar refractivity (Wildman–Crippen MR) is 79.5 cm³/mol. The summed E-state index contributed by atoms with van der Waals surface area (Å²) >= 11 is 0. The van der Waals surface area contributed by atoms with Gasteiger partial charge in [0.2, 0.25) is 0 Å². The Morgan fingerprint density at radius 2 is 2.00 bits per heavy atom. The molecule has 1 N–H and O–H groups in total. The minimum absolute atomic E-state index is 0.773. The van der Waals surface area contributed by atoms with Crippen LogP contribution in [0.25, 0.3) is 0 Å². The average molecular weight is 258 g/mol. The third-order valence-corrected chi connectivity index (χ3v) is 3.27. The van der Waals surface area contributed by atoms with Crippen molar-refractivity contribution < 1.29 is 4.42 Å². The molecule has 1 aromatic heterocycles. The quantitative estimate of drug-likeness (QED) is 0.892. The van der Waals surface area contributed by atoms with Crippen LogP contribution in [0.2, 0.25) is 0 Å². The Hall–Kier alpha value is -1.74. The van der Waals surface area contributed by atoms with Crippen LogP contribution in [0.1, 0.15) is 22.6 Å². The molecule has 0 aliphatic heterocycles. The van der Waals surface area contributed by atoms with Gasteiger partial charge in [-0.1, -0.05) is 12.1 Å². The number of hydrogen-bond donors (Lipinski definition) is 1. The molecular formula is C16H22N2O. The van der Waals surface area contributed by atoms with Crippen molar-refractivity contribution in [1.29, 1.82) is 0 Å². The van der Waals surface area contributed by atoms with Crippen LogP contribution >= 0.6 is 0 Å². The zero-order valence-electron chi connectivity index (χ0n) is 12.2. The summed E-state index contributed by atoms with van der Waals surface area (Å²) in [6.07, 6.45) is 0. The van der Waals surface area contributed by atoms with Crippen LogP contribution in [0.3, 0.4) is 0 Å². The summed E-state index contributed by atoms with van der Waals surface area (Å²) in [7, 11) is 4.04. The van der Waals surface area contributed by atoms with Crippen molar-refractivity contribution >= 4 is 5.69 Å². The van der Waals surface area contributed by atoms with Crippen LogP contribution in [0.4, 0.5) is 5.69 Å². The molecule has 0 aliphatic rings. The Kier molecular flexibility index (Phi) is 4.27. The molecule has 2 aromatic rings. The van der Waals surface area contributed by atoms with Gasteiger partial charge in [0.05, 0.1) is 6.54 Å². The lowest BCUT2D eigenvalue weighted by molar-refractivity contribution is 0.469. The molecule has 19 heavy (non-hydrogen) atoms. The lowest BCUT2D eigenvalue weighted by atomic mass is 10.2. The Balaban J connectivity index is 2.12. The lowest BCUT2D eigenvalue weighted by Crippen LogP contribution is -2.16. The van der Waals surface area contributed by atoms with E-state index in [1.165, 1.54) is 16.8 Å². The number of nitrogens with zero attached hydrogens (tertiary/aromatic N) is 1. The minimum atomic E-state index is 0.773. The second-order valence-electron chi connectivity index (χ2n) is 5.02. The van der Waals surface area contributed by atoms with E-state index >= 15 is 0 Å². The highest BCUT2D eigenvalue weighted by atomic mass is 16.3. The lowest BCUT2D eigenvalue weighted by Gasteiger charge is -2.19. The van der Waals surface area contributed by atoms with Crippen molar-refractivity contribution in [3.05, 3.63) is 53.0 Å². The van der Waals surface area contributed by atoms with Gasteiger partial charge in [0.25, 0.3) is 0 Å². The third kappa shape index (κ3) is 3.38. The highest BCUT2D eigenvalue weighted by Gasteiger charge is 2.10. The van der Waals surface area contributed by atoms with Crippen LogP contribution in [-0.4, -0.2) is 14.1 Å². The number of rotatable bonds is 5. The first-order valence-corrected chi connectivity index (χ1v) is 6.60. The molecule has 0 aliphatic carbocycles. The van der Waals surface area contributed by atoms with Gasteiger partial charge in [-0.15, -0.1) is 0 Å². The summed E-state index contributed by atoms with van der Waals surface area (Å²) < 4.78 is 5.73. The standard InChI is InChI=1S/C16H22N2O/c1-12-6-5-7-15(8-12)18(4)11-14-9-16(10-17-3)19-13(14)2/h5-9,17H,10-11H2,1-4H3. The van der Waals surface area contributed by atoms with Gasteiger partial charge in [-0.25, -0.2) is 0 Å². The predicted octanol–water partition coefficient (Wildman–Crippen LogP) is 3.25. The smallest absolute Gasteiger partial charge is 0.118 e. The van der Waals surface area contributed by atoms with E-state index in [0.29, 0.717) is 0 Å². The topological polar surface area (TPSA) is 28.4 Å². The summed E-state index contributed by atoms with van der Waals surface area (Å²) in [6.45, 7) is 5.78. The summed E-state index contributed by atoms with van der Waals surface area (Å²) in [6, 6.07) is 10.7. The minimum Gasteiger partial charge on any atom is -0.465 e. The second-order valence-corrected chi connectivity index (χ2v) is 5.02. The van der Waals surface area contributed by atoms with Gasteiger partial charge in [-0.05, 0) is 44.7 Å². The molecule has 102 valence electrons. The van der Waals surface area contributed by atoms with Crippen LogP contribution in [0.5, 0.6) is 0 Å². The summed E-state index contributed by atoms with van der Waals surface area (Å²) in [4.78, 5) is 2.24. The monoisotopic (exact) mass is 258 g/mol. The van der Waals surface area contributed by atoms with Crippen LogP contribution < -0.4 is 10.2 Å². The summed E-state index contributed by atoms with van der Waals surface area (Å²) in [5.41, 5.74) is 3.76. The average Bonchev–Trinajstić information content (AvgIpc) is 2.70. The van der Waals surface area contributed by atoms with Crippen molar-refractivity contribution in [3.63, 3.8) is 0 Å². The van der Waals surface area contributed by atoms with E-state index in [1.807, 2.05) is 14.0 Å². The van der Waals surface area contributed by atoms with Gasteiger partial charge in [0.15, 0.2) is 0 Å². The van der Waals surface area contributed by atoms with E-state index < -0.39 is 0 Å². The fourth-order valence-electron chi connectivity index (χ4n) is 2.22. The molecule has 2 rings (SSSR count). The first kappa shape index (κ1) is 13.7. The van der Waals surface area contributed by atoms with Crippen molar-refractivity contribution in [2.75, 3.05) is 19.0 Å². The maximum atomic E-state index is 5.73. The highest BCUT2D eigenvalue weighted by molar-refractivity contribution is 5.48. The van der Waals surface area contributed by atoms with Gasteiger partial charge in [0.1, 0.15) is 11.5 Å². The molecule has 0 bridgehead atoms.